The summed E-state index contributed by atoms with van der Waals surface area (Å²) in [5.41, 5.74) is 0.575. The highest BCUT2D eigenvalue weighted by atomic mass is 35.5. The Kier molecular flexibility index (Phi) is 3.26. The minimum atomic E-state index is -0.594. The van der Waals surface area contributed by atoms with Crippen molar-refractivity contribution in [2.75, 3.05) is 6.61 Å². The Balaban J connectivity index is 2.96. The quantitative estimate of drug-likeness (QED) is 0.753. The van der Waals surface area contributed by atoms with Crippen LogP contribution < -0.4 is 0 Å². The van der Waals surface area contributed by atoms with E-state index in [4.69, 9.17) is 16.7 Å². The van der Waals surface area contributed by atoms with E-state index in [1.807, 2.05) is 0 Å². The Morgan fingerprint density at radius 2 is 2.17 bits per heavy atom. The van der Waals surface area contributed by atoms with Gasteiger partial charge in [-0.05, 0) is 17.7 Å². The zero-order valence-corrected chi connectivity index (χ0v) is 7.05. The van der Waals surface area contributed by atoms with Gasteiger partial charge in [0.2, 0.25) is 0 Å². The largest absolute Gasteiger partial charge is 0.389 e. The van der Waals surface area contributed by atoms with Crippen molar-refractivity contribution >= 4 is 17.7 Å². The Hall–Kier alpha value is -0.860. The zero-order valence-electron chi connectivity index (χ0n) is 6.30. The van der Waals surface area contributed by atoms with Gasteiger partial charge in [0.25, 0.3) is 0 Å². The molecule has 12 heavy (non-hydrogen) atoms. The molecule has 0 fully saturated rings. The summed E-state index contributed by atoms with van der Waals surface area (Å²) in [5, 5.41) is 8.87. The van der Waals surface area contributed by atoms with Crippen molar-refractivity contribution in [1.82, 2.24) is 0 Å². The molecule has 1 N–H and O–H groups in total. The van der Waals surface area contributed by atoms with Crippen molar-refractivity contribution in [3.8, 4) is 0 Å². The summed E-state index contributed by atoms with van der Waals surface area (Å²) in [6, 6.07) is 6.86. The summed E-state index contributed by atoms with van der Waals surface area (Å²) in [5.74, 6) is -0.594. The van der Waals surface area contributed by atoms with Gasteiger partial charge in [0.15, 0.2) is 0 Å². The molecule has 0 aliphatic rings. The summed E-state index contributed by atoms with van der Waals surface area (Å²) in [6.45, 7) is -0.592. The van der Waals surface area contributed by atoms with Gasteiger partial charge in [-0.25, -0.2) is 4.39 Å². The Labute approximate surface area is 75.1 Å². The third-order valence-corrected chi connectivity index (χ3v) is 1.71. The van der Waals surface area contributed by atoms with Crippen LogP contribution in [0.5, 0.6) is 0 Å². The van der Waals surface area contributed by atoms with Crippen LogP contribution in [-0.2, 0) is 0 Å². The third-order valence-electron chi connectivity index (χ3n) is 1.37. The number of halogens is 2. The van der Waals surface area contributed by atoms with Gasteiger partial charge in [-0.3, -0.25) is 0 Å². The number of aliphatic hydroxyl groups excluding tert-OH is 1. The van der Waals surface area contributed by atoms with E-state index in [9.17, 15) is 4.39 Å². The molecule has 1 aromatic carbocycles. The first-order chi connectivity index (χ1) is 5.74. The van der Waals surface area contributed by atoms with Gasteiger partial charge in [0.1, 0.15) is 5.83 Å². The van der Waals surface area contributed by atoms with Crippen LogP contribution in [0.2, 0.25) is 5.02 Å². The summed E-state index contributed by atoms with van der Waals surface area (Å²) >= 11 is 5.73. The summed E-state index contributed by atoms with van der Waals surface area (Å²) in [7, 11) is 0. The third kappa shape index (κ3) is 2.32. The van der Waals surface area contributed by atoms with Crippen LogP contribution in [-0.4, -0.2) is 11.7 Å². The van der Waals surface area contributed by atoms with Gasteiger partial charge in [0, 0.05) is 5.02 Å². The van der Waals surface area contributed by atoms with Gasteiger partial charge < -0.3 is 5.11 Å². The second-order valence-electron chi connectivity index (χ2n) is 2.27. The number of hydrogen-bond donors (Lipinski definition) is 1. The molecule has 0 aliphatic carbocycles. The molecule has 0 aromatic heterocycles. The second kappa shape index (κ2) is 4.24. The van der Waals surface area contributed by atoms with E-state index in [2.05, 4.69) is 0 Å². The van der Waals surface area contributed by atoms with Gasteiger partial charge in [-0.1, -0.05) is 29.8 Å². The molecule has 0 spiro atoms. The van der Waals surface area contributed by atoms with Gasteiger partial charge in [0.05, 0.1) is 6.61 Å². The number of benzene rings is 1. The van der Waals surface area contributed by atoms with E-state index in [0.717, 1.165) is 0 Å². The molecule has 0 saturated carbocycles. The molecule has 0 atom stereocenters. The molecule has 1 rings (SSSR count). The fraction of sp³-hybridized carbons (Fsp3) is 0.111. The van der Waals surface area contributed by atoms with Gasteiger partial charge in [-0.15, -0.1) is 0 Å². The fourth-order valence-electron chi connectivity index (χ4n) is 0.807. The predicted molar refractivity (Wildman–Crippen MR) is 47.6 cm³/mol. The molecule has 0 bridgehead atoms. The molecule has 0 heterocycles. The van der Waals surface area contributed by atoms with Crippen molar-refractivity contribution < 1.29 is 9.50 Å². The molecular formula is C9H8ClFO. The molecule has 64 valence electrons. The number of hydrogen-bond acceptors (Lipinski definition) is 1. The normalized spacial score (nSPS) is 11.8. The fourth-order valence-corrected chi connectivity index (χ4v) is 0.997. The van der Waals surface area contributed by atoms with E-state index in [-0.39, 0.29) is 0 Å². The maximum Gasteiger partial charge on any atom is 0.126 e. The maximum absolute atomic E-state index is 12.6. The standard InChI is InChI=1S/C9H8ClFO/c10-9-4-2-1-3-7(9)5-8(11)6-12/h1-5,12H,6H2/b8-5-. The van der Waals surface area contributed by atoms with Crippen LogP contribution in [0, 0.1) is 0 Å². The number of aliphatic hydroxyl groups is 1. The highest BCUT2D eigenvalue weighted by Crippen LogP contribution is 2.18. The summed E-state index contributed by atoms with van der Waals surface area (Å²) < 4.78 is 12.6. The van der Waals surface area contributed by atoms with E-state index in [1.54, 1.807) is 24.3 Å². The van der Waals surface area contributed by atoms with Crippen molar-refractivity contribution in [2.45, 2.75) is 0 Å². The lowest BCUT2D eigenvalue weighted by atomic mass is 10.2. The molecular weight excluding hydrogens is 179 g/mol. The minimum absolute atomic E-state index is 0.473. The van der Waals surface area contributed by atoms with E-state index >= 15 is 0 Å². The van der Waals surface area contributed by atoms with Crippen molar-refractivity contribution in [3.63, 3.8) is 0 Å². The molecule has 0 radical (unpaired) electrons. The Morgan fingerprint density at radius 1 is 1.50 bits per heavy atom. The molecule has 0 amide bonds. The Bertz CT molecular complexity index is 296. The predicted octanol–water partition coefficient (Wildman–Crippen LogP) is 2.64. The maximum atomic E-state index is 12.6. The molecule has 0 unspecified atom stereocenters. The summed E-state index contributed by atoms with van der Waals surface area (Å²) in [6.07, 6.45) is 1.21. The summed E-state index contributed by atoms with van der Waals surface area (Å²) in [4.78, 5) is 0. The average molecular weight is 187 g/mol. The molecule has 0 saturated heterocycles. The molecule has 0 aliphatic heterocycles. The molecule has 1 aromatic rings. The highest BCUT2D eigenvalue weighted by Gasteiger charge is 1.96. The van der Waals surface area contributed by atoms with Crippen LogP contribution in [0.3, 0.4) is 0 Å². The van der Waals surface area contributed by atoms with E-state index < -0.39 is 12.4 Å². The van der Waals surface area contributed by atoms with Crippen LogP contribution >= 0.6 is 11.6 Å². The first-order valence-corrected chi connectivity index (χ1v) is 3.83. The SMILES string of the molecule is OC/C(F)=C/c1ccccc1Cl. The van der Waals surface area contributed by atoms with Crippen molar-refractivity contribution in [3.05, 3.63) is 40.7 Å². The smallest absolute Gasteiger partial charge is 0.126 e. The highest BCUT2D eigenvalue weighted by molar-refractivity contribution is 6.32. The first-order valence-electron chi connectivity index (χ1n) is 3.45. The molecule has 1 nitrogen and oxygen atoms in total. The topological polar surface area (TPSA) is 20.2 Å². The monoisotopic (exact) mass is 186 g/mol. The van der Waals surface area contributed by atoms with Crippen molar-refractivity contribution in [1.29, 1.82) is 0 Å². The van der Waals surface area contributed by atoms with Crippen LogP contribution in [0.15, 0.2) is 30.1 Å². The van der Waals surface area contributed by atoms with Crippen molar-refractivity contribution in [2.24, 2.45) is 0 Å². The lowest BCUT2D eigenvalue weighted by Gasteiger charge is -1.96. The van der Waals surface area contributed by atoms with Gasteiger partial charge >= 0.3 is 0 Å². The first kappa shape index (κ1) is 9.23. The van der Waals surface area contributed by atoms with Gasteiger partial charge in [-0.2, -0.15) is 0 Å². The second-order valence-corrected chi connectivity index (χ2v) is 2.68. The van der Waals surface area contributed by atoms with Crippen LogP contribution in [0.25, 0.3) is 6.08 Å². The Morgan fingerprint density at radius 3 is 2.75 bits per heavy atom. The number of rotatable bonds is 2. The van der Waals surface area contributed by atoms with Crippen LogP contribution in [0.1, 0.15) is 5.56 Å². The lowest BCUT2D eigenvalue weighted by Crippen LogP contribution is -1.82. The minimum Gasteiger partial charge on any atom is -0.389 e. The van der Waals surface area contributed by atoms with E-state index in [1.165, 1.54) is 6.08 Å². The molecule has 3 heteroatoms. The average Bonchev–Trinajstić information content (AvgIpc) is 2.09. The zero-order chi connectivity index (χ0) is 8.97. The lowest BCUT2D eigenvalue weighted by molar-refractivity contribution is 0.300. The van der Waals surface area contributed by atoms with Crippen LogP contribution in [0.4, 0.5) is 4.39 Å². The van der Waals surface area contributed by atoms with E-state index in [0.29, 0.717) is 10.6 Å².